The first-order valence-electron chi connectivity index (χ1n) is 5.53. The van der Waals surface area contributed by atoms with Crippen LogP contribution >= 0.6 is 0 Å². The molecule has 0 radical (unpaired) electrons. The van der Waals surface area contributed by atoms with Crippen LogP contribution in [0.25, 0.3) is 0 Å². The van der Waals surface area contributed by atoms with Gasteiger partial charge in [0, 0.05) is 37.4 Å². The van der Waals surface area contributed by atoms with Crippen LogP contribution in [0.15, 0.2) is 41.7 Å². The molecule has 0 spiro atoms. The van der Waals surface area contributed by atoms with E-state index in [1.807, 2.05) is 13.0 Å². The number of nitrogens with zero attached hydrogens (tertiary/aromatic N) is 1. The van der Waals surface area contributed by atoms with Crippen molar-refractivity contribution in [1.29, 1.82) is 0 Å². The van der Waals surface area contributed by atoms with Gasteiger partial charge in [0.15, 0.2) is 5.43 Å². The minimum Gasteiger partial charge on any atom is -0.367 e. The minimum atomic E-state index is -0.381. The number of aromatic nitrogens is 2. The second-order valence-electron chi connectivity index (χ2n) is 3.91. The highest BCUT2D eigenvalue weighted by Crippen LogP contribution is 2.04. The predicted molar refractivity (Wildman–Crippen MR) is 67.2 cm³/mol. The number of aryl methyl sites for hydroxylation is 1. The number of carbonyl (C=O) groups is 1. The lowest BCUT2D eigenvalue weighted by Crippen LogP contribution is -2.28. The smallest absolute Gasteiger partial charge is 0.257 e. The summed E-state index contributed by atoms with van der Waals surface area (Å²) >= 11 is 0. The highest BCUT2D eigenvalue weighted by atomic mass is 16.2. The SMILES string of the molecule is Cc1cnccc1CNC(=O)c1c[nH]ccc1=O. The quantitative estimate of drug-likeness (QED) is 0.844. The Morgan fingerprint density at radius 3 is 3.00 bits per heavy atom. The maximum absolute atomic E-state index is 11.8. The number of rotatable bonds is 3. The zero-order chi connectivity index (χ0) is 13.0. The summed E-state index contributed by atoms with van der Waals surface area (Å²) in [6, 6.07) is 3.16. The van der Waals surface area contributed by atoms with E-state index in [1.54, 1.807) is 12.4 Å². The van der Waals surface area contributed by atoms with Gasteiger partial charge in [-0.15, -0.1) is 0 Å². The Hall–Kier alpha value is -2.43. The topological polar surface area (TPSA) is 74.8 Å². The number of aromatic amines is 1. The van der Waals surface area contributed by atoms with E-state index in [1.165, 1.54) is 18.5 Å². The van der Waals surface area contributed by atoms with Crippen molar-refractivity contribution in [3.8, 4) is 0 Å². The van der Waals surface area contributed by atoms with E-state index in [9.17, 15) is 9.59 Å². The molecule has 0 aliphatic heterocycles. The third kappa shape index (κ3) is 2.63. The molecule has 92 valence electrons. The Labute approximate surface area is 104 Å². The molecule has 5 heteroatoms. The third-order valence-corrected chi connectivity index (χ3v) is 2.64. The van der Waals surface area contributed by atoms with Crippen molar-refractivity contribution in [3.63, 3.8) is 0 Å². The van der Waals surface area contributed by atoms with Crippen molar-refractivity contribution in [1.82, 2.24) is 15.3 Å². The normalized spacial score (nSPS) is 10.1. The third-order valence-electron chi connectivity index (χ3n) is 2.64. The Bertz CT molecular complexity index is 619. The lowest BCUT2D eigenvalue weighted by atomic mass is 10.1. The monoisotopic (exact) mass is 243 g/mol. The predicted octanol–water partition coefficient (Wildman–Crippen LogP) is 1.01. The number of carbonyl (C=O) groups excluding carboxylic acids is 1. The zero-order valence-corrected chi connectivity index (χ0v) is 9.93. The molecule has 2 rings (SSSR count). The van der Waals surface area contributed by atoms with Crippen LogP contribution in [0.5, 0.6) is 0 Å². The van der Waals surface area contributed by atoms with Crippen LogP contribution in [-0.2, 0) is 6.54 Å². The van der Waals surface area contributed by atoms with Gasteiger partial charge in [0.1, 0.15) is 5.56 Å². The van der Waals surface area contributed by atoms with Crippen LogP contribution in [0, 0.1) is 6.92 Å². The molecule has 18 heavy (non-hydrogen) atoms. The average Bonchev–Trinajstić information content (AvgIpc) is 2.38. The fourth-order valence-electron chi connectivity index (χ4n) is 1.56. The van der Waals surface area contributed by atoms with Crippen molar-refractivity contribution in [2.45, 2.75) is 13.5 Å². The first kappa shape index (κ1) is 12.0. The Morgan fingerprint density at radius 2 is 2.28 bits per heavy atom. The maximum Gasteiger partial charge on any atom is 0.257 e. The van der Waals surface area contributed by atoms with Gasteiger partial charge in [0.2, 0.25) is 0 Å². The summed E-state index contributed by atoms with van der Waals surface area (Å²) in [5.41, 5.74) is 1.80. The lowest BCUT2D eigenvalue weighted by molar-refractivity contribution is 0.0949. The first-order chi connectivity index (χ1) is 8.68. The number of H-pyrrole nitrogens is 1. The average molecular weight is 243 g/mol. The Kier molecular flexibility index (Phi) is 3.52. The Morgan fingerprint density at radius 1 is 1.44 bits per heavy atom. The van der Waals surface area contributed by atoms with Crippen LogP contribution in [0.3, 0.4) is 0 Å². The summed E-state index contributed by atoms with van der Waals surface area (Å²) < 4.78 is 0. The summed E-state index contributed by atoms with van der Waals surface area (Å²) in [5, 5.41) is 2.71. The zero-order valence-electron chi connectivity index (χ0n) is 9.93. The molecule has 0 saturated carbocycles. The minimum absolute atomic E-state index is 0.115. The van der Waals surface area contributed by atoms with Crippen molar-refractivity contribution in [2.24, 2.45) is 0 Å². The summed E-state index contributed by atoms with van der Waals surface area (Å²) in [6.45, 7) is 2.30. The fourth-order valence-corrected chi connectivity index (χ4v) is 1.56. The molecule has 1 amide bonds. The van der Waals surface area contributed by atoms with E-state index in [2.05, 4.69) is 15.3 Å². The van der Waals surface area contributed by atoms with Gasteiger partial charge in [-0.05, 0) is 24.1 Å². The summed E-state index contributed by atoms with van der Waals surface area (Å²) in [7, 11) is 0. The summed E-state index contributed by atoms with van der Waals surface area (Å²) in [5.74, 6) is -0.381. The first-order valence-corrected chi connectivity index (χ1v) is 5.53. The number of hydrogen-bond acceptors (Lipinski definition) is 3. The van der Waals surface area contributed by atoms with Crippen molar-refractivity contribution in [3.05, 3.63) is 63.8 Å². The van der Waals surface area contributed by atoms with E-state index >= 15 is 0 Å². The molecule has 0 atom stereocenters. The van der Waals surface area contributed by atoms with Gasteiger partial charge in [-0.1, -0.05) is 0 Å². The van der Waals surface area contributed by atoms with Crippen molar-refractivity contribution < 1.29 is 4.79 Å². The van der Waals surface area contributed by atoms with Crippen LogP contribution < -0.4 is 10.7 Å². The van der Waals surface area contributed by atoms with Crippen LogP contribution in [0.4, 0.5) is 0 Å². The molecule has 0 aliphatic carbocycles. The number of hydrogen-bond donors (Lipinski definition) is 2. The molecular weight excluding hydrogens is 230 g/mol. The highest BCUT2D eigenvalue weighted by Gasteiger charge is 2.09. The summed E-state index contributed by atoms with van der Waals surface area (Å²) in [4.78, 5) is 29.9. The molecule has 0 unspecified atom stereocenters. The highest BCUT2D eigenvalue weighted by molar-refractivity contribution is 5.93. The molecule has 0 bridgehead atoms. The number of pyridine rings is 2. The van der Waals surface area contributed by atoms with E-state index in [4.69, 9.17) is 0 Å². The van der Waals surface area contributed by atoms with Crippen molar-refractivity contribution in [2.75, 3.05) is 0 Å². The van der Waals surface area contributed by atoms with Crippen LogP contribution in [0.2, 0.25) is 0 Å². The van der Waals surface area contributed by atoms with Gasteiger partial charge >= 0.3 is 0 Å². The molecular formula is C13H13N3O2. The van der Waals surface area contributed by atoms with Gasteiger partial charge in [-0.3, -0.25) is 14.6 Å². The molecule has 0 aromatic carbocycles. The fraction of sp³-hybridized carbons (Fsp3) is 0.154. The van der Waals surface area contributed by atoms with Gasteiger partial charge in [0.05, 0.1) is 0 Å². The van der Waals surface area contributed by atoms with Gasteiger partial charge in [-0.2, -0.15) is 0 Å². The molecule has 0 saturated heterocycles. The van der Waals surface area contributed by atoms with E-state index in [0.717, 1.165) is 11.1 Å². The van der Waals surface area contributed by atoms with E-state index in [-0.39, 0.29) is 16.9 Å². The molecule has 2 aromatic heterocycles. The van der Waals surface area contributed by atoms with Gasteiger partial charge in [0.25, 0.3) is 5.91 Å². The van der Waals surface area contributed by atoms with Crippen LogP contribution in [0.1, 0.15) is 21.5 Å². The van der Waals surface area contributed by atoms with Crippen LogP contribution in [-0.4, -0.2) is 15.9 Å². The second-order valence-corrected chi connectivity index (χ2v) is 3.91. The maximum atomic E-state index is 11.8. The molecule has 2 heterocycles. The largest absolute Gasteiger partial charge is 0.367 e. The number of amides is 1. The molecule has 5 nitrogen and oxygen atoms in total. The standard InChI is InChI=1S/C13H13N3O2/c1-9-6-14-4-2-10(9)7-16-13(18)11-8-15-5-3-12(11)17/h2-6,8H,7H2,1H3,(H,15,17)(H,16,18). The number of nitrogens with one attached hydrogen (secondary N) is 2. The van der Waals surface area contributed by atoms with Gasteiger partial charge < -0.3 is 10.3 Å². The van der Waals surface area contributed by atoms with Crippen molar-refractivity contribution >= 4 is 5.91 Å². The molecule has 2 N–H and O–H groups in total. The van der Waals surface area contributed by atoms with Gasteiger partial charge in [-0.25, -0.2) is 0 Å². The Balaban J connectivity index is 2.08. The summed E-state index contributed by atoms with van der Waals surface area (Å²) in [6.07, 6.45) is 6.30. The second kappa shape index (κ2) is 5.27. The molecule has 2 aromatic rings. The van der Waals surface area contributed by atoms with E-state index < -0.39 is 0 Å². The molecule has 0 fully saturated rings. The van der Waals surface area contributed by atoms with E-state index in [0.29, 0.717) is 6.54 Å². The lowest BCUT2D eigenvalue weighted by Gasteiger charge is -2.06. The molecule has 0 aliphatic rings.